The fraction of sp³-hybridized carbons (Fsp3) is 0.667. The second-order valence-electron chi connectivity index (χ2n) is 4.57. The van der Waals surface area contributed by atoms with Crippen LogP contribution in [0.4, 0.5) is 5.82 Å². The topological polar surface area (TPSA) is 73.1 Å². The van der Waals surface area contributed by atoms with Crippen LogP contribution in [-0.4, -0.2) is 29.2 Å². The van der Waals surface area contributed by atoms with Crippen LogP contribution in [0.5, 0.6) is 5.88 Å². The Morgan fingerprint density at radius 2 is 2.29 bits per heavy atom. The molecule has 1 aliphatic rings. The molecule has 17 heavy (non-hydrogen) atoms. The lowest BCUT2D eigenvalue weighted by Gasteiger charge is -2.32. The van der Waals surface area contributed by atoms with Crippen LogP contribution in [0.15, 0.2) is 12.4 Å². The summed E-state index contributed by atoms with van der Waals surface area (Å²) < 4.78 is 5.45. The summed E-state index contributed by atoms with van der Waals surface area (Å²) in [6.07, 6.45) is 4.72. The molecule has 0 aliphatic heterocycles. The first-order valence-corrected chi connectivity index (χ1v) is 6.22. The lowest BCUT2D eigenvalue weighted by atomic mass is 9.81. The van der Waals surface area contributed by atoms with E-state index < -0.39 is 0 Å². The van der Waals surface area contributed by atoms with E-state index in [0.29, 0.717) is 24.4 Å². The zero-order valence-electron chi connectivity index (χ0n) is 10.2. The Bertz CT molecular complexity index is 352. The molecular formula is C12H20N4O. The van der Waals surface area contributed by atoms with Crippen molar-refractivity contribution in [3.63, 3.8) is 0 Å². The van der Waals surface area contributed by atoms with Gasteiger partial charge < -0.3 is 15.8 Å². The molecule has 0 saturated heterocycles. The quantitative estimate of drug-likeness (QED) is 0.781. The van der Waals surface area contributed by atoms with Gasteiger partial charge in [-0.2, -0.15) is 0 Å². The molecule has 0 spiro atoms. The molecule has 0 bridgehead atoms. The molecule has 5 heteroatoms. The number of aromatic nitrogens is 2. The lowest BCUT2D eigenvalue weighted by molar-refractivity contribution is 0.279. The summed E-state index contributed by atoms with van der Waals surface area (Å²) >= 11 is 0. The highest BCUT2D eigenvalue weighted by Gasteiger charge is 2.25. The van der Waals surface area contributed by atoms with Crippen molar-refractivity contribution in [2.45, 2.75) is 32.2 Å². The summed E-state index contributed by atoms with van der Waals surface area (Å²) in [6.45, 7) is 3.69. The van der Waals surface area contributed by atoms with Crippen molar-refractivity contribution in [3.05, 3.63) is 12.4 Å². The average Bonchev–Trinajstić information content (AvgIpc) is 2.31. The minimum Gasteiger partial charge on any atom is -0.478 e. The van der Waals surface area contributed by atoms with Crippen LogP contribution in [0.3, 0.4) is 0 Å². The number of anilines is 1. The van der Waals surface area contributed by atoms with E-state index in [9.17, 15) is 0 Å². The van der Waals surface area contributed by atoms with Crippen molar-refractivity contribution in [2.75, 3.05) is 18.5 Å². The van der Waals surface area contributed by atoms with E-state index in [-0.39, 0.29) is 0 Å². The van der Waals surface area contributed by atoms with E-state index >= 15 is 0 Å². The molecular weight excluding hydrogens is 216 g/mol. The normalized spacial score (nSPS) is 22.9. The van der Waals surface area contributed by atoms with Crippen LogP contribution in [0.25, 0.3) is 0 Å². The van der Waals surface area contributed by atoms with E-state index in [0.717, 1.165) is 31.6 Å². The molecule has 5 nitrogen and oxygen atoms in total. The Labute approximate surface area is 102 Å². The number of nitrogens with zero attached hydrogens (tertiary/aromatic N) is 2. The molecule has 1 fully saturated rings. The van der Waals surface area contributed by atoms with Gasteiger partial charge >= 0.3 is 0 Å². The predicted molar refractivity (Wildman–Crippen MR) is 67.0 cm³/mol. The zero-order valence-corrected chi connectivity index (χ0v) is 10.2. The molecule has 0 aromatic carbocycles. The smallest absolute Gasteiger partial charge is 0.218 e. The second kappa shape index (κ2) is 5.82. The van der Waals surface area contributed by atoms with E-state index in [1.807, 2.05) is 6.07 Å². The third kappa shape index (κ3) is 3.56. The molecule has 94 valence electrons. The van der Waals surface area contributed by atoms with Crippen LogP contribution >= 0.6 is 0 Å². The standard InChI is InChI=1S/C12H20N4O/c1-2-3-17-12-6-11(15-8-16-12)14-7-9-4-10(13)5-9/h6,8-10H,2-5,7,13H2,1H3,(H,14,15,16). The molecule has 1 aromatic rings. The van der Waals surface area contributed by atoms with Crippen LogP contribution in [-0.2, 0) is 0 Å². The van der Waals surface area contributed by atoms with Gasteiger partial charge in [0.25, 0.3) is 0 Å². The Hall–Kier alpha value is -1.36. The second-order valence-corrected chi connectivity index (χ2v) is 4.57. The first-order valence-electron chi connectivity index (χ1n) is 6.22. The monoisotopic (exact) mass is 236 g/mol. The Kier molecular flexibility index (Phi) is 4.14. The van der Waals surface area contributed by atoms with Crippen LogP contribution in [0, 0.1) is 5.92 Å². The average molecular weight is 236 g/mol. The fourth-order valence-corrected chi connectivity index (χ4v) is 1.92. The van der Waals surface area contributed by atoms with E-state index in [1.54, 1.807) is 0 Å². The summed E-state index contributed by atoms with van der Waals surface area (Å²) in [7, 11) is 0. The molecule has 2 rings (SSSR count). The largest absolute Gasteiger partial charge is 0.478 e. The van der Waals surface area contributed by atoms with Crippen LogP contribution in [0.2, 0.25) is 0 Å². The predicted octanol–water partition coefficient (Wildman–Crippen LogP) is 1.41. The number of hydrogen-bond acceptors (Lipinski definition) is 5. The van der Waals surface area contributed by atoms with Gasteiger partial charge in [0.1, 0.15) is 12.1 Å². The summed E-state index contributed by atoms with van der Waals surface area (Å²) in [5.74, 6) is 2.14. The van der Waals surface area contributed by atoms with Crippen molar-refractivity contribution in [1.82, 2.24) is 9.97 Å². The molecule has 1 aliphatic carbocycles. The van der Waals surface area contributed by atoms with Gasteiger partial charge in [-0.25, -0.2) is 9.97 Å². The lowest BCUT2D eigenvalue weighted by Crippen LogP contribution is -2.39. The number of rotatable bonds is 6. The van der Waals surface area contributed by atoms with Gasteiger partial charge in [0.2, 0.25) is 5.88 Å². The maximum absolute atomic E-state index is 5.74. The molecule has 0 amide bonds. The van der Waals surface area contributed by atoms with Crippen LogP contribution < -0.4 is 15.8 Å². The Morgan fingerprint density at radius 1 is 1.47 bits per heavy atom. The first-order chi connectivity index (χ1) is 8.28. The van der Waals surface area contributed by atoms with E-state index in [2.05, 4.69) is 22.2 Å². The third-order valence-corrected chi connectivity index (χ3v) is 2.94. The van der Waals surface area contributed by atoms with Gasteiger partial charge in [-0.3, -0.25) is 0 Å². The first kappa shape index (κ1) is 12.1. The Morgan fingerprint density at radius 3 is 3.00 bits per heavy atom. The van der Waals surface area contributed by atoms with E-state index in [4.69, 9.17) is 10.5 Å². The highest BCUT2D eigenvalue weighted by Crippen LogP contribution is 2.25. The molecule has 0 unspecified atom stereocenters. The number of ether oxygens (including phenoxy) is 1. The number of hydrogen-bond donors (Lipinski definition) is 2. The molecule has 1 aromatic heterocycles. The SMILES string of the molecule is CCCOc1cc(NCC2CC(N)C2)ncn1. The molecule has 1 heterocycles. The van der Waals surface area contributed by atoms with Crippen LogP contribution in [0.1, 0.15) is 26.2 Å². The van der Waals surface area contributed by atoms with E-state index in [1.165, 1.54) is 6.33 Å². The van der Waals surface area contributed by atoms with Crippen molar-refractivity contribution >= 4 is 5.82 Å². The zero-order chi connectivity index (χ0) is 12.1. The number of nitrogens with two attached hydrogens (primary N) is 1. The fourth-order valence-electron chi connectivity index (χ4n) is 1.92. The highest BCUT2D eigenvalue weighted by atomic mass is 16.5. The molecule has 3 N–H and O–H groups in total. The van der Waals surface area contributed by atoms with Gasteiger partial charge in [0, 0.05) is 18.7 Å². The third-order valence-electron chi connectivity index (χ3n) is 2.94. The molecule has 1 saturated carbocycles. The summed E-state index contributed by atoms with van der Waals surface area (Å²) in [4.78, 5) is 8.22. The summed E-state index contributed by atoms with van der Waals surface area (Å²) in [5.41, 5.74) is 5.74. The van der Waals surface area contributed by atoms with Crippen molar-refractivity contribution in [2.24, 2.45) is 11.7 Å². The minimum absolute atomic E-state index is 0.399. The van der Waals surface area contributed by atoms with Crippen molar-refractivity contribution < 1.29 is 4.74 Å². The highest BCUT2D eigenvalue weighted by molar-refractivity contribution is 5.37. The minimum atomic E-state index is 0.399. The van der Waals surface area contributed by atoms with Gasteiger partial charge in [0.15, 0.2) is 0 Å². The van der Waals surface area contributed by atoms with Crippen molar-refractivity contribution in [1.29, 1.82) is 0 Å². The van der Waals surface area contributed by atoms with Crippen molar-refractivity contribution in [3.8, 4) is 5.88 Å². The Balaban J connectivity index is 1.79. The molecule has 0 atom stereocenters. The summed E-state index contributed by atoms with van der Waals surface area (Å²) in [6, 6.07) is 2.24. The summed E-state index contributed by atoms with van der Waals surface area (Å²) in [5, 5.41) is 3.30. The van der Waals surface area contributed by atoms with Gasteiger partial charge in [-0.15, -0.1) is 0 Å². The maximum atomic E-state index is 5.74. The maximum Gasteiger partial charge on any atom is 0.218 e. The number of nitrogens with one attached hydrogen (secondary N) is 1. The van der Waals surface area contributed by atoms with Gasteiger partial charge in [-0.1, -0.05) is 6.92 Å². The van der Waals surface area contributed by atoms with Gasteiger partial charge in [-0.05, 0) is 25.2 Å². The van der Waals surface area contributed by atoms with Gasteiger partial charge in [0.05, 0.1) is 6.61 Å². The molecule has 0 radical (unpaired) electrons.